The summed E-state index contributed by atoms with van der Waals surface area (Å²) in [6.07, 6.45) is 0. The van der Waals surface area contributed by atoms with E-state index in [4.69, 9.17) is 15.0 Å². The van der Waals surface area contributed by atoms with Crippen molar-refractivity contribution in [2.75, 3.05) is 0 Å². The molecule has 0 N–H and O–H groups in total. The van der Waals surface area contributed by atoms with Crippen molar-refractivity contribution >= 4 is 10.8 Å². The molecule has 4 heteroatoms. The van der Waals surface area contributed by atoms with E-state index < -0.39 is 0 Å². The molecule has 0 unspecified atom stereocenters. The average Bonchev–Trinajstić information content (AvgIpc) is 3.66. The molecule has 0 aliphatic heterocycles. The fourth-order valence-electron chi connectivity index (χ4n) is 9.02. The highest BCUT2D eigenvalue weighted by molar-refractivity contribution is 6.19. The number of fused-ring (bicyclic) bond motifs is 3. The van der Waals surface area contributed by atoms with E-state index in [9.17, 15) is 5.26 Å². The lowest BCUT2D eigenvalue weighted by molar-refractivity contribution is 1.07. The van der Waals surface area contributed by atoms with Crippen LogP contribution in [0.25, 0.3) is 112 Å². The number of hydrogen-bond acceptors (Lipinski definition) is 4. The summed E-state index contributed by atoms with van der Waals surface area (Å²) >= 11 is 0. The molecule has 0 saturated carbocycles. The second kappa shape index (κ2) is 15.1. The molecule has 0 bridgehead atoms. The van der Waals surface area contributed by atoms with E-state index in [-0.39, 0.29) is 0 Å². The summed E-state index contributed by atoms with van der Waals surface area (Å²) in [7, 11) is 0. The van der Waals surface area contributed by atoms with Gasteiger partial charge in [-0.15, -0.1) is 0 Å². The lowest BCUT2D eigenvalue weighted by Crippen LogP contribution is -2.00. The first-order valence-electron chi connectivity index (χ1n) is 20.9. The van der Waals surface area contributed by atoms with E-state index in [0.29, 0.717) is 23.0 Å². The number of aryl methyl sites for hydroxylation is 2. The average molecular weight is 791 g/mol. The van der Waals surface area contributed by atoms with Crippen molar-refractivity contribution in [2.24, 2.45) is 0 Å². The first-order chi connectivity index (χ1) is 30.5. The van der Waals surface area contributed by atoms with Gasteiger partial charge >= 0.3 is 0 Å². The third-order valence-electron chi connectivity index (χ3n) is 12.1. The van der Waals surface area contributed by atoms with Gasteiger partial charge in [0.25, 0.3) is 0 Å². The number of benzene rings is 9. The minimum Gasteiger partial charge on any atom is -0.208 e. The summed E-state index contributed by atoms with van der Waals surface area (Å²) in [4.78, 5) is 15.0. The Kier molecular flexibility index (Phi) is 8.95. The van der Waals surface area contributed by atoms with E-state index >= 15 is 0 Å². The van der Waals surface area contributed by atoms with Gasteiger partial charge in [-0.2, -0.15) is 5.26 Å². The van der Waals surface area contributed by atoms with Gasteiger partial charge in [0.1, 0.15) is 0 Å². The molecule has 1 heterocycles. The molecule has 1 aromatic heterocycles. The summed E-state index contributed by atoms with van der Waals surface area (Å²) in [5, 5.41) is 13.3. The van der Waals surface area contributed by atoms with Crippen molar-refractivity contribution in [2.45, 2.75) is 13.8 Å². The van der Waals surface area contributed by atoms with E-state index in [1.54, 1.807) is 0 Å². The zero-order valence-corrected chi connectivity index (χ0v) is 34.3. The first-order valence-corrected chi connectivity index (χ1v) is 20.9. The quantitative estimate of drug-likeness (QED) is 0.161. The second-order valence-corrected chi connectivity index (χ2v) is 16.0. The van der Waals surface area contributed by atoms with Gasteiger partial charge in [-0.05, 0) is 98.0 Å². The van der Waals surface area contributed by atoms with Crippen LogP contribution in [-0.4, -0.2) is 15.0 Å². The van der Waals surface area contributed by atoms with E-state index in [2.05, 4.69) is 184 Å². The maximum atomic E-state index is 10.8. The Morgan fingerprint density at radius 3 is 1.31 bits per heavy atom. The van der Waals surface area contributed by atoms with Crippen LogP contribution in [0, 0.1) is 25.2 Å². The molecule has 0 saturated heterocycles. The number of hydrogen-bond donors (Lipinski definition) is 0. The fourth-order valence-corrected chi connectivity index (χ4v) is 9.02. The van der Waals surface area contributed by atoms with Crippen LogP contribution >= 0.6 is 0 Å². The molecule has 9 aromatic carbocycles. The van der Waals surface area contributed by atoms with Crippen molar-refractivity contribution in [1.29, 1.82) is 5.26 Å². The lowest BCUT2D eigenvalue weighted by atomic mass is 9.87. The number of aromatic nitrogens is 3. The third-order valence-corrected chi connectivity index (χ3v) is 12.1. The van der Waals surface area contributed by atoms with Crippen LogP contribution in [0.2, 0.25) is 0 Å². The zero-order chi connectivity index (χ0) is 41.7. The molecule has 1 aliphatic carbocycles. The summed E-state index contributed by atoms with van der Waals surface area (Å²) in [6.45, 7) is 4.15. The Bertz CT molecular complexity index is 3340. The highest BCUT2D eigenvalue weighted by Gasteiger charge is 2.23. The maximum absolute atomic E-state index is 10.8. The molecule has 290 valence electrons. The SMILES string of the molecule is Cc1ccc(-c2nc(-c3ccc(C)cc3)nc(-c3cccc(-c4ccccc4-c4ccc(-c5ccccc5-c5ccc6c7c(cccc57)-c5ccccc5-6)cc4C#N)c3)n2)cc1. The Labute approximate surface area is 361 Å². The van der Waals surface area contributed by atoms with Gasteiger partial charge in [-0.1, -0.05) is 193 Å². The molecule has 11 rings (SSSR count). The minimum absolute atomic E-state index is 0.594. The topological polar surface area (TPSA) is 62.5 Å². The Balaban J connectivity index is 0.985. The van der Waals surface area contributed by atoms with Gasteiger partial charge in [0.2, 0.25) is 0 Å². The fraction of sp³-hybridized carbons (Fsp3) is 0.0345. The normalized spacial score (nSPS) is 11.4. The van der Waals surface area contributed by atoms with Crippen molar-refractivity contribution < 1.29 is 0 Å². The number of nitriles is 1. The highest BCUT2D eigenvalue weighted by Crippen LogP contribution is 2.50. The molecule has 0 radical (unpaired) electrons. The minimum atomic E-state index is 0.594. The van der Waals surface area contributed by atoms with E-state index in [1.807, 2.05) is 30.3 Å². The predicted molar refractivity (Wildman–Crippen MR) is 254 cm³/mol. The molecule has 4 nitrogen and oxygen atoms in total. The molecular formula is C58H38N4. The summed E-state index contributed by atoms with van der Waals surface area (Å²) in [5.41, 5.74) is 19.1. The number of rotatable bonds is 7. The maximum Gasteiger partial charge on any atom is 0.164 e. The van der Waals surface area contributed by atoms with Crippen molar-refractivity contribution in [3.8, 4) is 107 Å². The van der Waals surface area contributed by atoms with Crippen LogP contribution in [0.3, 0.4) is 0 Å². The van der Waals surface area contributed by atoms with E-state index in [0.717, 1.165) is 55.6 Å². The summed E-state index contributed by atoms with van der Waals surface area (Å²) in [6, 6.07) is 70.5. The first kappa shape index (κ1) is 36.8. The van der Waals surface area contributed by atoms with Gasteiger partial charge in [-0.25, -0.2) is 15.0 Å². The van der Waals surface area contributed by atoms with Crippen molar-refractivity contribution in [1.82, 2.24) is 15.0 Å². The lowest BCUT2D eigenvalue weighted by Gasteiger charge is -2.16. The molecule has 0 fully saturated rings. The smallest absolute Gasteiger partial charge is 0.164 e. The van der Waals surface area contributed by atoms with Gasteiger partial charge in [0, 0.05) is 22.3 Å². The molecule has 0 amide bonds. The summed E-state index contributed by atoms with van der Waals surface area (Å²) in [5.74, 6) is 1.84. The Hall–Kier alpha value is -8.26. The monoisotopic (exact) mass is 790 g/mol. The second-order valence-electron chi connectivity index (χ2n) is 16.0. The van der Waals surface area contributed by atoms with Crippen LogP contribution in [0.15, 0.2) is 194 Å². The van der Waals surface area contributed by atoms with Crippen LogP contribution in [-0.2, 0) is 0 Å². The largest absolute Gasteiger partial charge is 0.208 e. The summed E-state index contributed by atoms with van der Waals surface area (Å²) < 4.78 is 0. The standard InChI is InChI=1S/C58H38N4/c1-36-21-25-38(26-22-36)56-60-57(39-27-23-37(2)24-28-39)62-58(61-56)42-12-9-11-40(33-42)44-13-3-5-15-47(44)46-30-29-41(34-43(46)35-59)45-14-4-6-16-48(45)51-31-32-54-50-18-8-7-17-49(50)52-19-10-20-53(51)55(52)54/h3-34H,1-2H3. The molecule has 0 spiro atoms. The van der Waals surface area contributed by atoms with Gasteiger partial charge < -0.3 is 0 Å². The molecule has 1 aliphatic rings. The van der Waals surface area contributed by atoms with Crippen LogP contribution in [0.1, 0.15) is 16.7 Å². The van der Waals surface area contributed by atoms with E-state index in [1.165, 1.54) is 49.7 Å². The molecule has 10 aromatic rings. The highest BCUT2D eigenvalue weighted by atomic mass is 15.0. The van der Waals surface area contributed by atoms with Crippen LogP contribution in [0.4, 0.5) is 0 Å². The molecular weight excluding hydrogens is 753 g/mol. The van der Waals surface area contributed by atoms with Crippen LogP contribution < -0.4 is 0 Å². The molecule has 62 heavy (non-hydrogen) atoms. The van der Waals surface area contributed by atoms with Gasteiger partial charge in [0.05, 0.1) is 11.6 Å². The van der Waals surface area contributed by atoms with Gasteiger partial charge in [0.15, 0.2) is 17.5 Å². The Morgan fingerprint density at radius 2 is 0.726 bits per heavy atom. The van der Waals surface area contributed by atoms with Gasteiger partial charge in [-0.3, -0.25) is 0 Å². The number of nitrogens with zero attached hydrogens (tertiary/aromatic N) is 4. The molecule has 0 atom stereocenters. The van der Waals surface area contributed by atoms with Crippen molar-refractivity contribution in [3.05, 3.63) is 211 Å². The van der Waals surface area contributed by atoms with Crippen LogP contribution in [0.5, 0.6) is 0 Å². The Morgan fingerprint density at radius 1 is 0.323 bits per heavy atom. The zero-order valence-electron chi connectivity index (χ0n) is 34.3. The predicted octanol–water partition coefficient (Wildman–Crippen LogP) is 14.8. The van der Waals surface area contributed by atoms with Crippen molar-refractivity contribution in [3.63, 3.8) is 0 Å². The third kappa shape index (κ3) is 6.36.